The van der Waals surface area contributed by atoms with Gasteiger partial charge in [-0.2, -0.15) is 0 Å². The first kappa shape index (κ1) is 8.05. The van der Waals surface area contributed by atoms with Crippen LogP contribution in [0.15, 0.2) is 0 Å². The van der Waals surface area contributed by atoms with E-state index in [0.717, 1.165) is 6.42 Å². The molecule has 0 saturated carbocycles. The van der Waals surface area contributed by atoms with Gasteiger partial charge in [0.05, 0.1) is 12.7 Å². The Labute approximate surface area is 61.7 Å². The second-order valence-corrected chi connectivity index (χ2v) is 2.68. The lowest BCUT2D eigenvalue weighted by atomic mass is 9.96. The Bertz CT molecular complexity index is 97.2. The van der Waals surface area contributed by atoms with Crippen molar-refractivity contribution < 1.29 is 14.6 Å². The van der Waals surface area contributed by atoms with Gasteiger partial charge in [0, 0.05) is 13.1 Å². The number of hydrogen-bond donors (Lipinski definition) is 1. The summed E-state index contributed by atoms with van der Waals surface area (Å²) < 4.78 is 10.4. The Morgan fingerprint density at radius 1 is 1.80 bits per heavy atom. The summed E-state index contributed by atoms with van der Waals surface area (Å²) in [5.74, 6) is 0. The van der Waals surface area contributed by atoms with Crippen molar-refractivity contribution in [2.45, 2.75) is 24.6 Å². The average molecular weight is 144 g/mol. The maximum Gasteiger partial charge on any atom is 0.139 e. The van der Waals surface area contributed by atoms with Crippen LogP contribution in [0.5, 0.6) is 0 Å². The topological polar surface area (TPSA) is 38.7 Å². The summed E-state index contributed by atoms with van der Waals surface area (Å²) in [6.07, 6.45) is 0.863. The third-order valence-corrected chi connectivity index (χ3v) is 1.87. The van der Waals surface area contributed by atoms with Crippen molar-refractivity contribution in [3.63, 3.8) is 0 Å². The first-order valence-corrected chi connectivity index (χ1v) is 3.57. The largest absolute Gasteiger partial charge is 0.394 e. The highest BCUT2D eigenvalue weighted by Gasteiger charge is 2.31. The Morgan fingerprint density at radius 2 is 2.50 bits per heavy atom. The first-order chi connectivity index (χ1) is 4.77. The van der Waals surface area contributed by atoms with Crippen molar-refractivity contribution in [1.29, 1.82) is 0 Å². The fourth-order valence-corrected chi connectivity index (χ4v) is 1.33. The number of ether oxygens (including phenoxy) is 2. The van der Waals surface area contributed by atoms with Gasteiger partial charge in [0.1, 0.15) is 14.0 Å². The van der Waals surface area contributed by atoms with E-state index in [1.54, 1.807) is 7.11 Å². The minimum atomic E-state index is -0.111. The van der Waals surface area contributed by atoms with Gasteiger partial charge in [-0.1, -0.05) is 0 Å². The molecule has 0 unspecified atom stereocenters. The molecule has 3 nitrogen and oxygen atoms in total. The monoisotopic (exact) mass is 144 g/mol. The maximum absolute atomic E-state index is 8.78. The molecule has 1 rings (SSSR count). The standard InChI is InChI=1S/C6H13BO3/c1-9-4-2-6(7)10-5(4)3-8/h4-6,8H,2-3,7H2,1H3/t4-,5-,6-/m1/s1. The summed E-state index contributed by atoms with van der Waals surface area (Å²) in [5.41, 5.74) is 0. The van der Waals surface area contributed by atoms with E-state index in [2.05, 4.69) is 0 Å². The van der Waals surface area contributed by atoms with Gasteiger partial charge in [-0.15, -0.1) is 0 Å². The van der Waals surface area contributed by atoms with Crippen LogP contribution in [0.4, 0.5) is 0 Å². The van der Waals surface area contributed by atoms with E-state index in [-0.39, 0.29) is 24.8 Å². The third-order valence-electron chi connectivity index (χ3n) is 1.87. The zero-order valence-corrected chi connectivity index (χ0v) is 6.41. The second-order valence-electron chi connectivity index (χ2n) is 2.68. The molecule has 0 aromatic heterocycles. The molecular weight excluding hydrogens is 131 g/mol. The molecule has 10 heavy (non-hydrogen) atoms. The van der Waals surface area contributed by atoms with Gasteiger partial charge < -0.3 is 14.6 Å². The van der Waals surface area contributed by atoms with E-state index in [0.29, 0.717) is 0 Å². The molecule has 0 radical (unpaired) electrons. The lowest BCUT2D eigenvalue weighted by Crippen LogP contribution is -2.26. The minimum absolute atomic E-state index is 0.0584. The van der Waals surface area contributed by atoms with Crippen molar-refractivity contribution >= 4 is 7.85 Å². The van der Waals surface area contributed by atoms with E-state index in [9.17, 15) is 0 Å². The van der Waals surface area contributed by atoms with Crippen LogP contribution >= 0.6 is 0 Å². The lowest BCUT2D eigenvalue weighted by Gasteiger charge is -2.13. The first-order valence-electron chi connectivity index (χ1n) is 3.57. The molecule has 1 heterocycles. The van der Waals surface area contributed by atoms with Gasteiger partial charge in [-0.25, -0.2) is 0 Å². The number of aliphatic hydroxyl groups is 1. The Kier molecular flexibility index (Phi) is 2.71. The lowest BCUT2D eigenvalue weighted by molar-refractivity contribution is -0.0205. The summed E-state index contributed by atoms with van der Waals surface area (Å²) in [6, 6.07) is 0.224. The molecule has 3 atom stereocenters. The molecule has 1 aliphatic rings. The summed E-state index contributed by atoms with van der Waals surface area (Å²) >= 11 is 0. The van der Waals surface area contributed by atoms with Gasteiger partial charge in [0.2, 0.25) is 0 Å². The second kappa shape index (κ2) is 3.37. The fourth-order valence-electron chi connectivity index (χ4n) is 1.33. The number of hydrogen-bond acceptors (Lipinski definition) is 3. The molecule has 0 aromatic rings. The Morgan fingerprint density at radius 3 is 2.90 bits per heavy atom. The predicted octanol–water partition coefficient (Wildman–Crippen LogP) is -1.26. The highest BCUT2D eigenvalue weighted by molar-refractivity contribution is 6.11. The van der Waals surface area contributed by atoms with E-state index >= 15 is 0 Å². The summed E-state index contributed by atoms with van der Waals surface area (Å²) in [4.78, 5) is 0. The molecule has 0 aliphatic carbocycles. The van der Waals surface area contributed by atoms with Crippen LogP contribution in [0.25, 0.3) is 0 Å². The molecular formula is C6H13BO3. The van der Waals surface area contributed by atoms with Gasteiger partial charge >= 0.3 is 0 Å². The molecule has 0 bridgehead atoms. The van der Waals surface area contributed by atoms with E-state index in [1.165, 1.54) is 0 Å². The molecule has 0 amide bonds. The van der Waals surface area contributed by atoms with Crippen molar-refractivity contribution in [2.24, 2.45) is 0 Å². The zero-order valence-electron chi connectivity index (χ0n) is 6.41. The van der Waals surface area contributed by atoms with Crippen LogP contribution in [0, 0.1) is 0 Å². The van der Waals surface area contributed by atoms with Crippen molar-refractivity contribution in [3.8, 4) is 0 Å². The maximum atomic E-state index is 8.78. The minimum Gasteiger partial charge on any atom is -0.394 e. The SMILES string of the molecule is B[C@H]1C[C@@H](OC)[C@@H](CO)O1. The van der Waals surface area contributed by atoms with Gasteiger partial charge in [-0.05, 0) is 6.42 Å². The van der Waals surface area contributed by atoms with Crippen LogP contribution < -0.4 is 0 Å². The molecule has 1 saturated heterocycles. The fraction of sp³-hybridized carbons (Fsp3) is 1.00. The number of aliphatic hydroxyl groups excluding tert-OH is 1. The highest BCUT2D eigenvalue weighted by atomic mass is 16.6. The number of methoxy groups -OCH3 is 1. The van der Waals surface area contributed by atoms with E-state index in [4.69, 9.17) is 14.6 Å². The quantitative estimate of drug-likeness (QED) is 0.491. The van der Waals surface area contributed by atoms with Gasteiger partial charge in [0.25, 0.3) is 0 Å². The summed E-state index contributed by atoms with van der Waals surface area (Å²) in [6.45, 7) is 0.0584. The van der Waals surface area contributed by atoms with Crippen LogP contribution in [0.3, 0.4) is 0 Å². The van der Waals surface area contributed by atoms with Crippen molar-refractivity contribution in [3.05, 3.63) is 0 Å². The Balaban J connectivity index is 2.41. The molecule has 58 valence electrons. The van der Waals surface area contributed by atoms with Gasteiger partial charge in [-0.3, -0.25) is 0 Å². The summed E-state index contributed by atoms with van der Waals surface area (Å²) in [5, 5.41) is 8.78. The van der Waals surface area contributed by atoms with E-state index < -0.39 is 0 Å². The highest BCUT2D eigenvalue weighted by Crippen LogP contribution is 2.19. The van der Waals surface area contributed by atoms with Gasteiger partial charge in [0.15, 0.2) is 0 Å². The average Bonchev–Trinajstić information content (AvgIpc) is 2.30. The zero-order chi connectivity index (χ0) is 7.56. The third kappa shape index (κ3) is 1.51. The van der Waals surface area contributed by atoms with Crippen LogP contribution in [0.1, 0.15) is 6.42 Å². The van der Waals surface area contributed by atoms with Crippen LogP contribution in [-0.4, -0.2) is 44.9 Å². The number of rotatable bonds is 2. The van der Waals surface area contributed by atoms with Crippen molar-refractivity contribution in [2.75, 3.05) is 13.7 Å². The predicted molar refractivity (Wildman–Crippen MR) is 39.7 cm³/mol. The van der Waals surface area contributed by atoms with Crippen LogP contribution in [-0.2, 0) is 9.47 Å². The molecule has 4 heteroatoms. The molecule has 0 spiro atoms. The normalized spacial score (nSPS) is 40.4. The Hall–Kier alpha value is -0.0551. The molecule has 1 fully saturated rings. The summed E-state index contributed by atoms with van der Waals surface area (Å²) in [7, 11) is 3.64. The van der Waals surface area contributed by atoms with Crippen LogP contribution in [0.2, 0.25) is 0 Å². The van der Waals surface area contributed by atoms with E-state index in [1.807, 2.05) is 7.85 Å². The molecule has 1 aliphatic heterocycles. The smallest absolute Gasteiger partial charge is 0.139 e. The molecule has 1 N–H and O–H groups in total. The molecule has 0 aromatic carbocycles. The van der Waals surface area contributed by atoms with Crippen molar-refractivity contribution in [1.82, 2.24) is 0 Å².